The van der Waals surface area contributed by atoms with Gasteiger partial charge in [-0.1, -0.05) is 32.1 Å². The number of hydrogen-bond donors (Lipinski definition) is 1. The zero-order chi connectivity index (χ0) is 15.7. The van der Waals surface area contributed by atoms with Crippen molar-refractivity contribution in [3.63, 3.8) is 0 Å². The van der Waals surface area contributed by atoms with Crippen molar-refractivity contribution in [3.05, 3.63) is 0 Å². The smallest absolute Gasteiger partial charge is 0.307 e. The Hall–Kier alpha value is -1.10. The number of aliphatic hydroxyl groups is 1. The highest BCUT2D eigenvalue weighted by Gasteiger charge is 2.20. The normalized spacial score (nSPS) is 17.3. The summed E-state index contributed by atoms with van der Waals surface area (Å²) in [6.07, 6.45) is 7.36. The molecule has 0 aliphatic heterocycles. The highest BCUT2D eigenvalue weighted by Crippen LogP contribution is 2.27. The van der Waals surface area contributed by atoms with Gasteiger partial charge in [-0.05, 0) is 19.3 Å². The molecular formula is C16H29NO4. The van der Waals surface area contributed by atoms with Crippen LogP contribution < -0.4 is 0 Å². The maximum atomic E-state index is 12.3. The molecule has 0 radical (unpaired) electrons. The van der Waals surface area contributed by atoms with Gasteiger partial charge in [0.2, 0.25) is 5.91 Å². The molecule has 1 aliphatic carbocycles. The van der Waals surface area contributed by atoms with Gasteiger partial charge in [-0.15, -0.1) is 0 Å². The molecule has 1 unspecified atom stereocenters. The first-order valence-electron chi connectivity index (χ1n) is 8.05. The maximum Gasteiger partial charge on any atom is 0.307 e. The SMILES string of the molecule is COC(=O)CCN(CC(C)O)C(=O)CCC1CCCCC1. The van der Waals surface area contributed by atoms with Gasteiger partial charge in [0, 0.05) is 19.5 Å². The predicted octanol–water partition coefficient (Wildman–Crippen LogP) is 2.12. The maximum absolute atomic E-state index is 12.3. The molecule has 1 N–H and O–H groups in total. The Labute approximate surface area is 127 Å². The molecule has 0 heterocycles. The Morgan fingerprint density at radius 3 is 2.48 bits per heavy atom. The topological polar surface area (TPSA) is 66.8 Å². The van der Waals surface area contributed by atoms with Crippen LogP contribution in [0.5, 0.6) is 0 Å². The van der Waals surface area contributed by atoms with E-state index >= 15 is 0 Å². The molecule has 0 bridgehead atoms. The largest absolute Gasteiger partial charge is 0.469 e. The van der Waals surface area contributed by atoms with Crippen LogP contribution in [0.2, 0.25) is 0 Å². The number of methoxy groups -OCH3 is 1. The van der Waals surface area contributed by atoms with Crippen molar-refractivity contribution in [1.82, 2.24) is 4.90 Å². The lowest BCUT2D eigenvalue weighted by Gasteiger charge is -2.26. The van der Waals surface area contributed by atoms with Crippen LogP contribution in [0.15, 0.2) is 0 Å². The summed E-state index contributed by atoms with van der Waals surface area (Å²) in [6.45, 7) is 2.25. The van der Waals surface area contributed by atoms with Gasteiger partial charge in [0.1, 0.15) is 0 Å². The second-order valence-corrected chi connectivity index (χ2v) is 6.06. The summed E-state index contributed by atoms with van der Waals surface area (Å²) >= 11 is 0. The summed E-state index contributed by atoms with van der Waals surface area (Å²) in [7, 11) is 1.34. The van der Waals surface area contributed by atoms with Crippen LogP contribution in [-0.4, -0.2) is 48.2 Å². The van der Waals surface area contributed by atoms with Crippen LogP contribution in [0.25, 0.3) is 0 Å². The van der Waals surface area contributed by atoms with Crippen molar-refractivity contribution >= 4 is 11.9 Å². The minimum absolute atomic E-state index is 0.0328. The molecule has 1 atom stereocenters. The summed E-state index contributed by atoms with van der Waals surface area (Å²) in [5.41, 5.74) is 0. The van der Waals surface area contributed by atoms with Crippen molar-refractivity contribution in [2.45, 2.75) is 64.4 Å². The molecule has 1 fully saturated rings. The van der Waals surface area contributed by atoms with E-state index in [1.54, 1.807) is 11.8 Å². The number of nitrogens with zero attached hydrogens (tertiary/aromatic N) is 1. The molecule has 122 valence electrons. The van der Waals surface area contributed by atoms with E-state index in [0.29, 0.717) is 18.9 Å². The first-order valence-corrected chi connectivity index (χ1v) is 8.05. The van der Waals surface area contributed by atoms with Crippen molar-refractivity contribution in [1.29, 1.82) is 0 Å². The summed E-state index contributed by atoms with van der Waals surface area (Å²) in [5.74, 6) is 0.368. The second-order valence-electron chi connectivity index (χ2n) is 6.06. The fourth-order valence-corrected chi connectivity index (χ4v) is 2.93. The number of rotatable bonds is 8. The fourth-order valence-electron chi connectivity index (χ4n) is 2.93. The van der Waals surface area contributed by atoms with Crippen LogP contribution >= 0.6 is 0 Å². The van der Waals surface area contributed by atoms with E-state index in [9.17, 15) is 14.7 Å². The van der Waals surface area contributed by atoms with Crippen LogP contribution in [-0.2, 0) is 14.3 Å². The van der Waals surface area contributed by atoms with Crippen molar-refractivity contribution < 1.29 is 19.4 Å². The molecule has 5 heteroatoms. The molecule has 0 aromatic rings. The number of ether oxygens (including phenoxy) is 1. The van der Waals surface area contributed by atoms with E-state index in [2.05, 4.69) is 4.74 Å². The van der Waals surface area contributed by atoms with Gasteiger partial charge in [0.05, 0.1) is 19.6 Å². The van der Waals surface area contributed by atoms with Crippen LogP contribution in [0.1, 0.15) is 58.3 Å². The zero-order valence-corrected chi connectivity index (χ0v) is 13.3. The lowest BCUT2D eigenvalue weighted by Crippen LogP contribution is -2.38. The summed E-state index contributed by atoms with van der Waals surface area (Å²) in [6, 6.07) is 0. The standard InChI is InChI=1S/C16H29NO4/c1-13(18)12-17(11-10-16(20)21-2)15(19)9-8-14-6-4-3-5-7-14/h13-14,18H,3-12H2,1-2H3. The zero-order valence-electron chi connectivity index (χ0n) is 13.3. The van der Waals surface area contributed by atoms with E-state index in [4.69, 9.17) is 0 Å². The third kappa shape index (κ3) is 7.46. The van der Waals surface area contributed by atoms with Gasteiger partial charge in [-0.2, -0.15) is 0 Å². The van der Waals surface area contributed by atoms with E-state index in [-0.39, 0.29) is 24.8 Å². The quantitative estimate of drug-likeness (QED) is 0.697. The molecule has 0 spiro atoms. The first-order chi connectivity index (χ1) is 10.0. The number of hydrogen-bond acceptors (Lipinski definition) is 4. The molecule has 0 aromatic carbocycles. The predicted molar refractivity (Wildman–Crippen MR) is 80.7 cm³/mol. The molecule has 5 nitrogen and oxygen atoms in total. The monoisotopic (exact) mass is 299 g/mol. The van der Waals surface area contributed by atoms with Crippen molar-refractivity contribution in [2.24, 2.45) is 5.92 Å². The van der Waals surface area contributed by atoms with Crippen LogP contribution in [0.3, 0.4) is 0 Å². The number of carbonyl (C=O) groups is 2. The molecular weight excluding hydrogens is 270 g/mol. The average Bonchev–Trinajstić information content (AvgIpc) is 2.49. The van der Waals surface area contributed by atoms with Gasteiger partial charge in [-0.25, -0.2) is 0 Å². The number of carbonyl (C=O) groups excluding carboxylic acids is 2. The Bertz CT molecular complexity index is 324. The van der Waals surface area contributed by atoms with Gasteiger partial charge in [-0.3, -0.25) is 9.59 Å². The molecule has 0 aromatic heterocycles. The summed E-state index contributed by atoms with van der Waals surface area (Å²) in [5, 5.41) is 9.50. The fraction of sp³-hybridized carbons (Fsp3) is 0.875. The Kier molecular flexibility index (Phi) is 8.35. The van der Waals surface area contributed by atoms with Crippen LogP contribution in [0.4, 0.5) is 0 Å². The molecule has 1 saturated carbocycles. The van der Waals surface area contributed by atoms with Gasteiger partial charge in [0.15, 0.2) is 0 Å². The summed E-state index contributed by atoms with van der Waals surface area (Å²) < 4.78 is 4.60. The van der Waals surface area contributed by atoms with Gasteiger partial charge < -0.3 is 14.7 Å². The Balaban J connectivity index is 2.39. The van der Waals surface area contributed by atoms with Crippen LogP contribution in [0, 0.1) is 5.92 Å². The van der Waals surface area contributed by atoms with Gasteiger partial charge in [0.25, 0.3) is 0 Å². The highest BCUT2D eigenvalue weighted by atomic mass is 16.5. The van der Waals surface area contributed by atoms with E-state index in [1.165, 1.54) is 39.2 Å². The number of esters is 1. The van der Waals surface area contributed by atoms with E-state index < -0.39 is 6.10 Å². The van der Waals surface area contributed by atoms with Gasteiger partial charge >= 0.3 is 5.97 Å². The lowest BCUT2D eigenvalue weighted by molar-refractivity contribution is -0.142. The number of amides is 1. The Morgan fingerprint density at radius 1 is 1.24 bits per heavy atom. The first kappa shape index (κ1) is 18.0. The molecule has 1 rings (SSSR count). The van der Waals surface area contributed by atoms with E-state index in [1.807, 2.05) is 0 Å². The van der Waals surface area contributed by atoms with E-state index in [0.717, 1.165) is 6.42 Å². The number of aliphatic hydroxyl groups excluding tert-OH is 1. The molecule has 1 aliphatic rings. The molecule has 21 heavy (non-hydrogen) atoms. The Morgan fingerprint density at radius 2 is 1.90 bits per heavy atom. The minimum atomic E-state index is -0.582. The third-order valence-electron chi connectivity index (χ3n) is 4.14. The highest BCUT2D eigenvalue weighted by molar-refractivity contribution is 5.77. The molecule has 1 amide bonds. The minimum Gasteiger partial charge on any atom is -0.469 e. The third-order valence-corrected chi connectivity index (χ3v) is 4.14. The lowest BCUT2D eigenvalue weighted by atomic mass is 9.86. The average molecular weight is 299 g/mol. The van der Waals surface area contributed by atoms with Crippen molar-refractivity contribution in [2.75, 3.05) is 20.2 Å². The second kappa shape index (κ2) is 9.77. The van der Waals surface area contributed by atoms with Crippen molar-refractivity contribution in [3.8, 4) is 0 Å². The molecule has 0 saturated heterocycles. The summed E-state index contributed by atoms with van der Waals surface area (Å²) in [4.78, 5) is 25.1.